The number of carbonyl (C=O) groups is 3. The Morgan fingerprint density at radius 3 is 1.38 bits per heavy atom. The Kier molecular flexibility index (Phi) is 24.1. The Bertz CT molecular complexity index is 2380. The van der Waals surface area contributed by atoms with Crippen LogP contribution in [0.5, 0.6) is 0 Å². The molecule has 0 radical (unpaired) electrons. The minimum atomic E-state index is -2.15. The number of carbonyl (C=O) groups excluding carboxylic acids is 3. The predicted octanol–water partition coefficient (Wildman–Crippen LogP) is 6.11. The Morgan fingerprint density at radius 1 is 0.551 bits per heavy atom. The molecule has 0 aromatic rings. The summed E-state index contributed by atoms with van der Waals surface area (Å²) in [6, 6.07) is 0. The molecule has 0 amide bonds. The summed E-state index contributed by atoms with van der Waals surface area (Å²) in [6.07, 6.45) is 2.52. The van der Waals surface area contributed by atoms with Gasteiger partial charge in [-0.2, -0.15) is 0 Å². The zero-order valence-corrected chi connectivity index (χ0v) is 47.4. The van der Waals surface area contributed by atoms with Gasteiger partial charge in [0.2, 0.25) is 0 Å². The van der Waals surface area contributed by atoms with E-state index < -0.39 is 104 Å². The van der Waals surface area contributed by atoms with Crippen LogP contribution in [0.1, 0.15) is 108 Å². The molecular weight excluding hydrogens is 1010 g/mol. The van der Waals surface area contributed by atoms with E-state index in [0.717, 1.165) is 42.4 Å². The van der Waals surface area contributed by atoms with Crippen molar-refractivity contribution in [3.05, 3.63) is 117 Å². The Balaban J connectivity index is 1.30. The van der Waals surface area contributed by atoms with Crippen LogP contribution >= 0.6 is 0 Å². The Labute approximate surface area is 460 Å². The normalized spacial score (nSPS) is 34.6. The molecule has 0 aromatic carbocycles. The third-order valence-electron chi connectivity index (χ3n) is 15.2. The van der Waals surface area contributed by atoms with Crippen LogP contribution in [0.3, 0.4) is 0 Å². The third kappa shape index (κ3) is 16.8. The van der Waals surface area contributed by atoms with E-state index in [1.54, 1.807) is 19.1 Å². The van der Waals surface area contributed by atoms with Crippen molar-refractivity contribution in [2.45, 2.75) is 200 Å². The van der Waals surface area contributed by atoms with Crippen molar-refractivity contribution in [2.75, 3.05) is 27.4 Å². The zero-order chi connectivity index (χ0) is 57.6. The fourth-order valence-corrected chi connectivity index (χ4v) is 10.4. The highest BCUT2D eigenvalue weighted by Crippen LogP contribution is 2.42. The first-order valence-corrected chi connectivity index (χ1v) is 26.9. The number of methoxy groups -OCH3 is 2. The summed E-state index contributed by atoms with van der Waals surface area (Å²) in [6.45, 7) is 20.5. The summed E-state index contributed by atoms with van der Waals surface area (Å²) in [5.41, 5.74) is 9.28. The molecule has 18 nitrogen and oxygen atoms in total. The highest BCUT2D eigenvalue weighted by molar-refractivity contribution is 5.76. The van der Waals surface area contributed by atoms with Crippen molar-refractivity contribution in [3.8, 4) is 0 Å². The topological polar surface area (TPSA) is 256 Å². The fraction of sp³-hybridized carbons (Fsp3) is 0.617. The highest BCUT2D eigenvalue weighted by atomic mass is 16.8. The van der Waals surface area contributed by atoms with Crippen molar-refractivity contribution in [1.82, 2.24) is 0 Å². The lowest BCUT2D eigenvalue weighted by molar-refractivity contribution is -0.368. The largest absolute Gasteiger partial charge is 0.459 e. The molecule has 3 heterocycles. The number of aliphatic hydroxyl groups excluding tert-OH is 6. The molecule has 78 heavy (non-hydrogen) atoms. The summed E-state index contributed by atoms with van der Waals surface area (Å²) in [7, 11) is 2.35. The van der Waals surface area contributed by atoms with E-state index in [2.05, 4.69) is 65.8 Å². The molecule has 0 spiro atoms. The molecule has 5 aliphatic rings. The molecule has 15 atom stereocenters. The van der Waals surface area contributed by atoms with Gasteiger partial charge >= 0.3 is 11.9 Å². The maximum atomic E-state index is 14.0. The third-order valence-corrected chi connectivity index (χ3v) is 15.2. The van der Waals surface area contributed by atoms with E-state index in [1.807, 2.05) is 57.2 Å². The number of rotatable bonds is 21. The summed E-state index contributed by atoms with van der Waals surface area (Å²) < 4.78 is 50.3. The second kappa shape index (κ2) is 29.3. The lowest BCUT2D eigenvalue weighted by Gasteiger charge is -2.47. The van der Waals surface area contributed by atoms with Crippen LogP contribution in [-0.2, 0) is 57.0 Å². The first-order chi connectivity index (χ1) is 36.8. The average molecular weight is 1100 g/mol. The van der Waals surface area contributed by atoms with Crippen molar-refractivity contribution < 1.29 is 87.7 Å². The van der Waals surface area contributed by atoms with Gasteiger partial charge in [0.25, 0.3) is 0 Å². The van der Waals surface area contributed by atoms with Gasteiger partial charge in [0.1, 0.15) is 74.3 Å². The first-order valence-electron chi connectivity index (χ1n) is 26.9. The van der Waals surface area contributed by atoms with Gasteiger partial charge < -0.3 is 78.1 Å². The quantitative estimate of drug-likeness (QED) is 0.0431. The molecule has 2 aliphatic carbocycles. The zero-order valence-electron chi connectivity index (χ0n) is 47.4. The van der Waals surface area contributed by atoms with Gasteiger partial charge in [-0.15, -0.1) is 0 Å². The van der Waals surface area contributed by atoms with Crippen LogP contribution in [-0.4, -0.2) is 168 Å². The van der Waals surface area contributed by atoms with Gasteiger partial charge in [-0.05, 0) is 114 Å². The summed E-state index contributed by atoms with van der Waals surface area (Å²) in [5, 5.41) is 67.2. The summed E-state index contributed by atoms with van der Waals surface area (Å²) in [5.74, 6) is -2.19. The van der Waals surface area contributed by atoms with Crippen LogP contribution < -0.4 is 0 Å². The van der Waals surface area contributed by atoms with E-state index in [1.165, 1.54) is 49.4 Å². The Morgan fingerprint density at radius 2 is 0.962 bits per heavy atom. The second-order valence-electron chi connectivity index (χ2n) is 22.3. The minimum Gasteiger partial charge on any atom is -0.459 e. The van der Waals surface area contributed by atoms with E-state index in [9.17, 15) is 45.0 Å². The minimum absolute atomic E-state index is 0.104. The number of aliphatic hydroxyl groups is 6. The van der Waals surface area contributed by atoms with Gasteiger partial charge in [-0.3, -0.25) is 0 Å². The van der Waals surface area contributed by atoms with Crippen LogP contribution in [0, 0.1) is 10.8 Å². The van der Waals surface area contributed by atoms with E-state index in [-0.39, 0.29) is 30.3 Å². The van der Waals surface area contributed by atoms with Crippen molar-refractivity contribution in [1.29, 1.82) is 0 Å². The van der Waals surface area contributed by atoms with Crippen molar-refractivity contribution >= 4 is 18.2 Å². The molecule has 18 heteroatoms. The van der Waals surface area contributed by atoms with Crippen LogP contribution in [0.15, 0.2) is 117 Å². The van der Waals surface area contributed by atoms with Crippen LogP contribution in [0.2, 0.25) is 0 Å². The molecule has 6 N–H and O–H groups in total. The highest BCUT2D eigenvalue weighted by Gasteiger charge is 2.56. The summed E-state index contributed by atoms with van der Waals surface area (Å²) >= 11 is 0. The van der Waals surface area contributed by atoms with E-state index in [0.29, 0.717) is 5.57 Å². The maximum absolute atomic E-state index is 14.0. The van der Waals surface area contributed by atoms with Crippen LogP contribution in [0.25, 0.3) is 0 Å². The SMILES string of the molecule is COC1OC(C=O)C(OC2OC(C(=O)OC/C=C(C)/C=C/C=C(C)\C=C\C3=C(C)CCCC3(C)C)C(OC3OC(C(=O)OC/C=C(C)/C=C/C=C(C)\C=C\C4=C(C)CCCC4(C)C)C(OC)C(O)C3O)C(O)C2O)C(O)C1O. The van der Waals surface area contributed by atoms with Gasteiger partial charge in [0, 0.05) is 14.2 Å². The molecule has 0 aromatic heterocycles. The number of hydrogen-bond acceptors (Lipinski definition) is 18. The van der Waals surface area contributed by atoms with Gasteiger partial charge in [0.05, 0.1) is 0 Å². The van der Waals surface area contributed by atoms with E-state index in [4.69, 9.17) is 42.6 Å². The Hall–Kier alpha value is -4.51. The molecule has 3 aliphatic heterocycles. The van der Waals surface area contributed by atoms with Crippen LogP contribution in [0.4, 0.5) is 0 Å². The monoisotopic (exact) mass is 1090 g/mol. The molecule has 0 bridgehead atoms. The van der Waals surface area contributed by atoms with Gasteiger partial charge in [-0.25, -0.2) is 9.59 Å². The molecule has 3 fully saturated rings. The first kappa shape index (κ1) is 64.3. The molecule has 0 saturated carbocycles. The summed E-state index contributed by atoms with van der Waals surface area (Å²) in [4.78, 5) is 39.7. The lowest BCUT2D eigenvalue weighted by atomic mass is 9.72. The predicted molar refractivity (Wildman–Crippen MR) is 290 cm³/mol. The van der Waals surface area contributed by atoms with E-state index >= 15 is 0 Å². The van der Waals surface area contributed by atoms with Gasteiger partial charge in [0.15, 0.2) is 37.4 Å². The molecular formula is C60H86O18. The molecule has 5 rings (SSSR count). The fourth-order valence-electron chi connectivity index (χ4n) is 10.4. The maximum Gasteiger partial charge on any atom is 0.338 e. The van der Waals surface area contributed by atoms with Gasteiger partial charge in [-0.1, -0.05) is 122 Å². The average Bonchev–Trinajstić information content (AvgIpc) is 3.42. The van der Waals surface area contributed by atoms with Crippen molar-refractivity contribution in [3.63, 3.8) is 0 Å². The molecule has 434 valence electrons. The standard InChI is InChI=1S/C60H86O18/c1-34(23-25-40-38(5)21-15-29-59(40,7)8)17-13-19-36(3)27-31-72-54(68)52-50(70-11)44(63)47(66)58(77-52)76-51-45(64)48(67)57(75-49-42(33-61)74-56(71-12)46(65)43(49)62)78-53(51)55(69)73-32-28-37(4)20-14-18-35(2)24-26-41-39(6)22-16-30-60(41,9)10/h13-14,17-20,23-28,33,42-53,56-58,62-67H,15-16,21-22,29-32H2,1-12H3/b19-13+,20-14+,25-23+,26-24+,34-17-,35-18-,36-27+,37-28+. The number of aldehydes is 1. The number of esters is 2. The molecule has 15 unspecified atom stereocenters. The molecule has 3 saturated heterocycles. The van der Waals surface area contributed by atoms with Crippen molar-refractivity contribution in [2.24, 2.45) is 10.8 Å². The number of allylic oxidation sites excluding steroid dienone is 18. The smallest absolute Gasteiger partial charge is 0.338 e. The lowest BCUT2D eigenvalue weighted by Crippen LogP contribution is -2.67. The number of ether oxygens (including phenoxy) is 9. The second-order valence-corrected chi connectivity index (χ2v) is 22.3. The number of hydrogen-bond donors (Lipinski definition) is 6.